The molecule has 0 saturated heterocycles. The van der Waals surface area contributed by atoms with Crippen molar-refractivity contribution >= 4 is 23.1 Å². The zero-order chi connectivity index (χ0) is 19.2. The molecule has 3 rings (SSSR count). The summed E-state index contributed by atoms with van der Waals surface area (Å²) < 4.78 is 10.6. The second-order valence-corrected chi connectivity index (χ2v) is 6.05. The largest absolute Gasteiger partial charge is 0.493 e. The Morgan fingerprint density at radius 1 is 0.963 bits per heavy atom. The Labute approximate surface area is 159 Å². The first-order chi connectivity index (χ1) is 13.1. The molecule has 2 aromatic carbocycles. The van der Waals surface area contributed by atoms with E-state index < -0.39 is 0 Å². The first kappa shape index (κ1) is 18.5. The van der Waals surface area contributed by atoms with Crippen LogP contribution in [0.2, 0.25) is 0 Å². The number of hydrogen-bond acceptors (Lipinski definition) is 6. The molecule has 27 heavy (non-hydrogen) atoms. The van der Waals surface area contributed by atoms with E-state index in [0.717, 1.165) is 23.6 Å². The van der Waals surface area contributed by atoms with Gasteiger partial charge in [0.15, 0.2) is 11.5 Å². The second kappa shape index (κ2) is 8.40. The van der Waals surface area contributed by atoms with E-state index in [1.165, 1.54) is 11.1 Å². The lowest BCUT2D eigenvalue weighted by molar-refractivity contribution is 0.355. The predicted molar refractivity (Wildman–Crippen MR) is 109 cm³/mol. The first-order valence-electron chi connectivity index (χ1n) is 8.82. The van der Waals surface area contributed by atoms with Gasteiger partial charge in [-0.2, -0.15) is 4.98 Å². The number of rotatable bonds is 7. The molecular weight excluding hydrogens is 340 g/mol. The predicted octanol–water partition coefficient (Wildman–Crippen LogP) is 4.85. The van der Waals surface area contributed by atoms with Gasteiger partial charge in [0.05, 0.1) is 14.2 Å². The van der Waals surface area contributed by atoms with Crippen LogP contribution >= 0.6 is 0 Å². The fourth-order valence-electron chi connectivity index (χ4n) is 2.86. The first-order valence-corrected chi connectivity index (χ1v) is 8.82. The Kier molecular flexibility index (Phi) is 5.76. The molecule has 0 unspecified atom stereocenters. The molecule has 3 aromatic rings. The van der Waals surface area contributed by atoms with Crippen molar-refractivity contribution in [3.63, 3.8) is 0 Å². The van der Waals surface area contributed by atoms with Gasteiger partial charge in [0.2, 0.25) is 5.95 Å². The second-order valence-electron chi connectivity index (χ2n) is 6.05. The van der Waals surface area contributed by atoms with Crippen molar-refractivity contribution in [2.75, 3.05) is 24.9 Å². The lowest BCUT2D eigenvalue weighted by Gasteiger charge is -2.14. The van der Waals surface area contributed by atoms with Crippen LogP contribution < -0.4 is 20.1 Å². The van der Waals surface area contributed by atoms with Crippen LogP contribution in [0, 0.1) is 6.92 Å². The molecule has 0 fully saturated rings. The number of nitrogens with one attached hydrogen (secondary N) is 2. The third kappa shape index (κ3) is 4.28. The molecule has 0 amide bonds. The normalized spacial score (nSPS) is 10.4. The van der Waals surface area contributed by atoms with E-state index in [9.17, 15) is 0 Å². The minimum absolute atomic E-state index is 0.499. The molecule has 0 bridgehead atoms. The SMILES string of the molecule is CCc1cccc(C)c1Nc1ccnc(Nc2ccc(OC)c(OC)c2)n1. The Hall–Kier alpha value is -3.28. The Morgan fingerprint density at radius 2 is 1.78 bits per heavy atom. The standard InChI is InChI=1S/C21H24N4O2/c1-5-15-8-6-7-14(2)20(15)24-19-11-12-22-21(25-19)23-16-9-10-17(26-3)18(13-16)27-4/h6-13H,5H2,1-4H3,(H2,22,23,24,25). The fraction of sp³-hybridized carbons (Fsp3) is 0.238. The molecular formula is C21H24N4O2. The monoisotopic (exact) mass is 364 g/mol. The van der Waals surface area contributed by atoms with Gasteiger partial charge in [-0.05, 0) is 42.7 Å². The van der Waals surface area contributed by atoms with Gasteiger partial charge in [0.25, 0.3) is 0 Å². The van der Waals surface area contributed by atoms with Crippen LogP contribution in [-0.2, 0) is 6.42 Å². The minimum Gasteiger partial charge on any atom is -0.493 e. The van der Waals surface area contributed by atoms with Crippen LogP contribution in [0.15, 0.2) is 48.7 Å². The number of aromatic nitrogens is 2. The number of anilines is 4. The van der Waals surface area contributed by atoms with Gasteiger partial charge >= 0.3 is 0 Å². The maximum absolute atomic E-state index is 5.34. The van der Waals surface area contributed by atoms with Gasteiger partial charge in [-0.15, -0.1) is 0 Å². The highest BCUT2D eigenvalue weighted by Gasteiger charge is 2.08. The molecule has 0 atom stereocenters. The number of methoxy groups -OCH3 is 2. The third-order valence-corrected chi connectivity index (χ3v) is 4.29. The van der Waals surface area contributed by atoms with Gasteiger partial charge in [0, 0.05) is 23.6 Å². The summed E-state index contributed by atoms with van der Waals surface area (Å²) in [4.78, 5) is 8.88. The number of aryl methyl sites for hydroxylation is 2. The van der Waals surface area contributed by atoms with E-state index in [2.05, 4.69) is 52.6 Å². The van der Waals surface area contributed by atoms with Crippen molar-refractivity contribution in [3.8, 4) is 11.5 Å². The van der Waals surface area contributed by atoms with E-state index in [-0.39, 0.29) is 0 Å². The van der Waals surface area contributed by atoms with E-state index in [0.29, 0.717) is 17.4 Å². The molecule has 140 valence electrons. The highest BCUT2D eigenvalue weighted by molar-refractivity contribution is 5.66. The van der Waals surface area contributed by atoms with Crippen molar-refractivity contribution in [2.24, 2.45) is 0 Å². The van der Waals surface area contributed by atoms with E-state index >= 15 is 0 Å². The molecule has 0 aliphatic rings. The molecule has 0 aliphatic heterocycles. The zero-order valence-corrected chi connectivity index (χ0v) is 16.0. The molecule has 6 nitrogen and oxygen atoms in total. The topological polar surface area (TPSA) is 68.3 Å². The van der Waals surface area contributed by atoms with Crippen molar-refractivity contribution in [1.82, 2.24) is 9.97 Å². The molecule has 2 N–H and O–H groups in total. The molecule has 0 spiro atoms. The minimum atomic E-state index is 0.499. The van der Waals surface area contributed by atoms with Gasteiger partial charge in [-0.1, -0.05) is 25.1 Å². The molecule has 0 aliphatic carbocycles. The molecule has 0 radical (unpaired) electrons. The fourth-order valence-corrected chi connectivity index (χ4v) is 2.86. The smallest absolute Gasteiger partial charge is 0.229 e. The Bertz CT molecular complexity index is 928. The highest BCUT2D eigenvalue weighted by Crippen LogP contribution is 2.31. The lowest BCUT2D eigenvalue weighted by atomic mass is 10.1. The summed E-state index contributed by atoms with van der Waals surface area (Å²) >= 11 is 0. The molecule has 0 saturated carbocycles. The van der Waals surface area contributed by atoms with Crippen LogP contribution in [-0.4, -0.2) is 24.2 Å². The van der Waals surface area contributed by atoms with E-state index in [4.69, 9.17) is 9.47 Å². The summed E-state index contributed by atoms with van der Waals surface area (Å²) in [6, 6.07) is 13.7. The molecule has 6 heteroatoms. The molecule has 1 aromatic heterocycles. The highest BCUT2D eigenvalue weighted by atomic mass is 16.5. The summed E-state index contributed by atoms with van der Waals surface area (Å²) in [5.41, 5.74) is 4.34. The average Bonchev–Trinajstić information content (AvgIpc) is 2.69. The van der Waals surface area contributed by atoms with E-state index in [1.807, 2.05) is 24.3 Å². The summed E-state index contributed by atoms with van der Waals surface area (Å²) in [5, 5.41) is 6.62. The van der Waals surface area contributed by atoms with Crippen molar-refractivity contribution in [2.45, 2.75) is 20.3 Å². The molecule has 1 heterocycles. The van der Waals surface area contributed by atoms with Gasteiger partial charge < -0.3 is 20.1 Å². The van der Waals surface area contributed by atoms with Crippen LogP contribution in [0.1, 0.15) is 18.1 Å². The number of benzene rings is 2. The quantitative estimate of drug-likeness (QED) is 0.624. The van der Waals surface area contributed by atoms with Crippen molar-refractivity contribution in [1.29, 1.82) is 0 Å². The Morgan fingerprint density at radius 3 is 2.52 bits per heavy atom. The van der Waals surface area contributed by atoms with Crippen LogP contribution in [0.5, 0.6) is 11.5 Å². The van der Waals surface area contributed by atoms with Crippen LogP contribution in [0.4, 0.5) is 23.1 Å². The van der Waals surface area contributed by atoms with E-state index in [1.54, 1.807) is 20.4 Å². The maximum atomic E-state index is 5.34. The van der Waals surface area contributed by atoms with Crippen LogP contribution in [0.25, 0.3) is 0 Å². The van der Waals surface area contributed by atoms with Crippen molar-refractivity contribution in [3.05, 3.63) is 59.8 Å². The number of ether oxygens (including phenoxy) is 2. The number of hydrogen-bond donors (Lipinski definition) is 2. The van der Waals surface area contributed by atoms with Gasteiger partial charge in [-0.3, -0.25) is 0 Å². The van der Waals surface area contributed by atoms with Gasteiger partial charge in [0.1, 0.15) is 5.82 Å². The average molecular weight is 364 g/mol. The zero-order valence-electron chi connectivity index (χ0n) is 16.0. The van der Waals surface area contributed by atoms with Crippen LogP contribution in [0.3, 0.4) is 0 Å². The summed E-state index contributed by atoms with van der Waals surface area (Å²) in [6.45, 7) is 4.23. The summed E-state index contributed by atoms with van der Waals surface area (Å²) in [7, 11) is 3.22. The van der Waals surface area contributed by atoms with Gasteiger partial charge in [-0.25, -0.2) is 4.98 Å². The maximum Gasteiger partial charge on any atom is 0.229 e. The summed E-state index contributed by atoms with van der Waals surface area (Å²) in [5.74, 6) is 2.55. The Balaban J connectivity index is 1.83. The third-order valence-electron chi connectivity index (χ3n) is 4.29. The summed E-state index contributed by atoms with van der Waals surface area (Å²) in [6.07, 6.45) is 2.67. The number of para-hydroxylation sites is 1. The number of nitrogens with zero attached hydrogens (tertiary/aromatic N) is 2. The van der Waals surface area contributed by atoms with Crippen molar-refractivity contribution < 1.29 is 9.47 Å². The lowest BCUT2D eigenvalue weighted by Crippen LogP contribution is -2.03.